The fourth-order valence-corrected chi connectivity index (χ4v) is 4.74. The van der Waals surface area contributed by atoms with Crippen molar-refractivity contribution in [1.82, 2.24) is 4.98 Å². The van der Waals surface area contributed by atoms with E-state index in [1.807, 2.05) is 18.4 Å². The van der Waals surface area contributed by atoms with E-state index in [4.69, 9.17) is 9.84 Å². The number of alkyl halides is 3. The summed E-state index contributed by atoms with van der Waals surface area (Å²) in [4.78, 5) is 15.5. The lowest BCUT2D eigenvalue weighted by atomic mass is 9.98. The van der Waals surface area contributed by atoms with Gasteiger partial charge in [-0.25, -0.2) is 4.98 Å². The van der Waals surface area contributed by atoms with E-state index in [1.165, 1.54) is 29.0 Å². The van der Waals surface area contributed by atoms with Crippen molar-refractivity contribution in [1.29, 1.82) is 0 Å². The largest absolute Gasteiger partial charge is 0.493 e. The van der Waals surface area contributed by atoms with Gasteiger partial charge in [0, 0.05) is 23.8 Å². The van der Waals surface area contributed by atoms with Gasteiger partial charge < -0.3 is 9.84 Å². The number of thiazole rings is 1. The normalized spacial score (nSPS) is 13.8. The molecule has 0 amide bonds. The molecule has 1 aromatic heterocycles. The van der Waals surface area contributed by atoms with E-state index in [0.717, 1.165) is 59.7 Å². The lowest BCUT2D eigenvalue weighted by Crippen LogP contribution is -2.04. The van der Waals surface area contributed by atoms with Gasteiger partial charge in [-0.1, -0.05) is 18.2 Å². The van der Waals surface area contributed by atoms with Crippen LogP contribution in [0.25, 0.3) is 11.3 Å². The summed E-state index contributed by atoms with van der Waals surface area (Å²) in [5.74, 6) is 0.574. The maximum absolute atomic E-state index is 12.8. The molecule has 1 fully saturated rings. The van der Waals surface area contributed by atoms with Gasteiger partial charge in [-0.2, -0.15) is 13.2 Å². The fourth-order valence-electron chi connectivity index (χ4n) is 3.89. The molecule has 8 heteroatoms. The van der Waals surface area contributed by atoms with Gasteiger partial charge in [0.15, 0.2) is 0 Å². The predicted molar refractivity (Wildman–Crippen MR) is 125 cm³/mol. The summed E-state index contributed by atoms with van der Waals surface area (Å²) in [6.07, 6.45) is 0.0409. The van der Waals surface area contributed by atoms with Crippen molar-refractivity contribution in [3.8, 4) is 17.0 Å². The monoisotopic (exact) mass is 489 g/mol. The highest BCUT2D eigenvalue weighted by molar-refractivity contribution is 7.09. The number of hydrogen-bond acceptors (Lipinski definition) is 4. The Morgan fingerprint density at radius 3 is 2.56 bits per heavy atom. The van der Waals surface area contributed by atoms with E-state index in [1.54, 1.807) is 0 Å². The van der Waals surface area contributed by atoms with E-state index in [0.29, 0.717) is 30.2 Å². The van der Waals surface area contributed by atoms with E-state index in [9.17, 15) is 18.0 Å². The van der Waals surface area contributed by atoms with Crippen LogP contribution in [-0.2, 0) is 23.8 Å². The minimum Gasteiger partial charge on any atom is -0.493 e. The molecule has 34 heavy (non-hydrogen) atoms. The molecule has 3 aromatic rings. The number of carboxylic acids is 1. The zero-order chi connectivity index (χ0) is 24.3. The molecule has 1 aliphatic rings. The molecule has 1 heterocycles. The number of aryl methyl sites for hydroxylation is 3. The van der Waals surface area contributed by atoms with Crippen LogP contribution in [0.5, 0.6) is 5.75 Å². The Hall–Kier alpha value is -2.87. The van der Waals surface area contributed by atoms with E-state index >= 15 is 0 Å². The van der Waals surface area contributed by atoms with Crippen molar-refractivity contribution in [2.24, 2.45) is 0 Å². The maximum atomic E-state index is 12.8. The number of nitrogens with zero attached hydrogens (tertiary/aromatic N) is 1. The Kier molecular flexibility index (Phi) is 7.26. The van der Waals surface area contributed by atoms with Gasteiger partial charge in [0.2, 0.25) is 0 Å². The first-order chi connectivity index (χ1) is 16.2. The van der Waals surface area contributed by atoms with Crippen molar-refractivity contribution in [2.75, 3.05) is 6.61 Å². The van der Waals surface area contributed by atoms with E-state index < -0.39 is 17.7 Å². The second kappa shape index (κ2) is 10.2. The minimum atomic E-state index is -4.34. The molecule has 1 saturated carbocycles. The van der Waals surface area contributed by atoms with Gasteiger partial charge in [-0.15, -0.1) is 11.3 Å². The topological polar surface area (TPSA) is 59.4 Å². The second-order valence-electron chi connectivity index (χ2n) is 8.64. The van der Waals surface area contributed by atoms with Gasteiger partial charge in [-0.3, -0.25) is 4.79 Å². The third-order valence-electron chi connectivity index (χ3n) is 5.95. The van der Waals surface area contributed by atoms with Crippen LogP contribution >= 0.6 is 11.3 Å². The average molecular weight is 490 g/mol. The van der Waals surface area contributed by atoms with Crippen LogP contribution in [0.2, 0.25) is 0 Å². The number of hydrogen-bond donors (Lipinski definition) is 1. The molecule has 0 bridgehead atoms. The first-order valence-electron chi connectivity index (χ1n) is 11.3. The lowest BCUT2D eigenvalue weighted by Gasteiger charge is -2.15. The lowest BCUT2D eigenvalue weighted by molar-refractivity contribution is -0.138. The number of ether oxygens (including phenoxy) is 1. The zero-order valence-corrected chi connectivity index (χ0v) is 19.6. The number of aromatic nitrogens is 1. The van der Waals surface area contributed by atoms with Crippen molar-refractivity contribution in [3.63, 3.8) is 0 Å². The van der Waals surface area contributed by atoms with Crippen molar-refractivity contribution in [2.45, 2.75) is 57.5 Å². The van der Waals surface area contributed by atoms with Gasteiger partial charge in [0.05, 0.1) is 22.9 Å². The van der Waals surface area contributed by atoms with Crippen LogP contribution in [0.15, 0.2) is 41.8 Å². The van der Waals surface area contributed by atoms with Crippen molar-refractivity contribution >= 4 is 17.3 Å². The zero-order valence-electron chi connectivity index (χ0n) is 18.8. The molecule has 1 aliphatic carbocycles. The fraction of sp³-hybridized carbons (Fsp3) is 0.385. The molecule has 4 nitrogen and oxygen atoms in total. The molecule has 0 atom stereocenters. The molecule has 4 rings (SSSR count). The van der Waals surface area contributed by atoms with Crippen molar-refractivity contribution < 1.29 is 27.8 Å². The molecule has 0 unspecified atom stereocenters. The molecule has 0 radical (unpaired) electrons. The highest BCUT2D eigenvalue weighted by Gasteiger charge is 2.30. The van der Waals surface area contributed by atoms with Crippen LogP contribution in [-0.4, -0.2) is 22.7 Å². The number of carbonyl (C=O) groups is 1. The third kappa shape index (κ3) is 6.17. The van der Waals surface area contributed by atoms with Crippen LogP contribution in [0.1, 0.15) is 58.9 Å². The van der Waals surface area contributed by atoms with Crippen molar-refractivity contribution in [3.05, 3.63) is 69.0 Å². The van der Waals surface area contributed by atoms with E-state index in [-0.39, 0.29) is 6.42 Å². The number of halogens is 3. The highest BCUT2D eigenvalue weighted by Crippen LogP contribution is 2.45. The summed E-state index contributed by atoms with van der Waals surface area (Å²) in [5.41, 5.74) is 3.96. The SMILES string of the molecule is Cc1cc(OCCCc2nc(-c3ccc(C(F)(F)F)cc3)cs2)c(C2CC2)cc1CCC(=O)O. The summed E-state index contributed by atoms with van der Waals surface area (Å²) in [6.45, 7) is 2.52. The van der Waals surface area contributed by atoms with Crippen LogP contribution in [0.4, 0.5) is 13.2 Å². The quantitative estimate of drug-likeness (QED) is 0.310. The molecular weight excluding hydrogens is 463 g/mol. The number of aliphatic carboxylic acids is 1. The predicted octanol–water partition coefficient (Wildman–Crippen LogP) is 7.04. The van der Waals surface area contributed by atoms with Gasteiger partial charge in [-0.05, 0) is 73.4 Å². The first kappa shape index (κ1) is 24.3. The highest BCUT2D eigenvalue weighted by atomic mass is 32.1. The van der Waals surface area contributed by atoms with Crippen LogP contribution in [0, 0.1) is 6.92 Å². The second-order valence-corrected chi connectivity index (χ2v) is 9.58. The maximum Gasteiger partial charge on any atom is 0.416 e. The first-order valence-corrected chi connectivity index (χ1v) is 12.2. The smallest absolute Gasteiger partial charge is 0.416 e. The molecule has 0 aliphatic heterocycles. The minimum absolute atomic E-state index is 0.118. The Balaban J connectivity index is 1.33. The molecule has 2 aromatic carbocycles. The summed E-state index contributed by atoms with van der Waals surface area (Å²) in [5, 5.41) is 11.8. The average Bonchev–Trinajstić information content (AvgIpc) is 3.52. The molecule has 1 N–H and O–H groups in total. The summed E-state index contributed by atoms with van der Waals surface area (Å²) in [7, 11) is 0. The summed E-state index contributed by atoms with van der Waals surface area (Å²) >= 11 is 1.49. The van der Waals surface area contributed by atoms with Gasteiger partial charge in [0.1, 0.15) is 5.75 Å². The van der Waals surface area contributed by atoms with Gasteiger partial charge in [0.25, 0.3) is 0 Å². The molecule has 0 saturated heterocycles. The third-order valence-corrected chi connectivity index (χ3v) is 6.85. The Bertz CT molecular complexity index is 1150. The van der Waals surface area contributed by atoms with Crippen LogP contribution < -0.4 is 4.74 Å². The molecule has 0 spiro atoms. The van der Waals surface area contributed by atoms with Crippen LogP contribution in [0.3, 0.4) is 0 Å². The number of rotatable bonds is 10. The standard InChI is InChI=1S/C26H26F3NO3S/c1-16-13-23(21(17-4-5-17)14-19(16)8-11-25(31)32)33-12-2-3-24-30-22(15-34-24)18-6-9-20(10-7-18)26(27,28)29/h6-7,9-10,13-15,17H,2-5,8,11-12H2,1H3,(H,31,32). The Labute approximate surface area is 200 Å². The molecule has 180 valence electrons. The Morgan fingerprint density at radius 2 is 1.91 bits per heavy atom. The summed E-state index contributed by atoms with van der Waals surface area (Å²) < 4.78 is 44.4. The number of carboxylic acid groups (broad SMARTS) is 1. The van der Waals surface area contributed by atoms with Gasteiger partial charge >= 0.3 is 12.1 Å². The molecular formula is C26H26F3NO3S. The van der Waals surface area contributed by atoms with E-state index in [2.05, 4.69) is 11.1 Å². The summed E-state index contributed by atoms with van der Waals surface area (Å²) in [6, 6.07) is 9.20. The Morgan fingerprint density at radius 1 is 1.18 bits per heavy atom. The number of benzene rings is 2.